The topological polar surface area (TPSA) is 54.4 Å². The molecule has 0 radical (unpaired) electrons. The molecule has 4 aliphatic carbocycles. The van der Waals surface area contributed by atoms with Crippen LogP contribution < -0.4 is 0 Å². The number of fused-ring (bicyclic) bond motifs is 4. The SMILES string of the molecule is CC12CC(c3ccc(C=O)cc3)C3=C4CCC(=O)C=C4CCC3C1CCC2O. The number of hydrogen-bond donors (Lipinski definition) is 1. The molecule has 3 nitrogen and oxygen atoms in total. The summed E-state index contributed by atoms with van der Waals surface area (Å²) in [6.45, 7) is 2.29. The molecular formula is C25H28O3. The third-order valence-corrected chi connectivity index (χ3v) is 8.16. The van der Waals surface area contributed by atoms with Gasteiger partial charge >= 0.3 is 0 Å². The Morgan fingerprint density at radius 1 is 1.07 bits per heavy atom. The smallest absolute Gasteiger partial charge is 0.156 e. The van der Waals surface area contributed by atoms with Gasteiger partial charge in [0.1, 0.15) is 6.29 Å². The molecular weight excluding hydrogens is 348 g/mol. The summed E-state index contributed by atoms with van der Waals surface area (Å²) in [5.74, 6) is 1.58. The lowest BCUT2D eigenvalue weighted by molar-refractivity contribution is -0.114. The third kappa shape index (κ3) is 2.59. The molecule has 28 heavy (non-hydrogen) atoms. The first-order valence-corrected chi connectivity index (χ1v) is 10.7. The minimum absolute atomic E-state index is 0.0472. The van der Waals surface area contributed by atoms with Gasteiger partial charge in [0.15, 0.2) is 5.78 Å². The van der Waals surface area contributed by atoms with Crippen LogP contribution in [0.15, 0.2) is 47.1 Å². The summed E-state index contributed by atoms with van der Waals surface area (Å²) < 4.78 is 0. The molecule has 5 atom stereocenters. The van der Waals surface area contributed by atoms with Gasteiger partial charge in [-0.3, -0.25) is 9.59 Å². The zero-order valence-electron chi connectivity index (χ0n) is 16.5. The fourth-order valence-corrected chi connectivity index (χ4v) is 6.74. The van der Waals surface area contributed by atoms with Crippen LogP contribution >= 0.6 is 0 Å². The van der Waals surface area contributed by atoms with Crippen molar-refractivity contribution in [3.63, 3.8) is 0 Å². The van der Waals surface area contributed by atoms with Crippen molar-refractivity contribution in [2.75, 3.05) is 0 Å². The van der Waals surface area contributed by atoms with E-state index in [9.17, 15) is 14.7 Å². The fourth-order valence-electron chi connectivity index (χ4n) is 6.74. The van der Waals surface area contributed by atoms with Crippen molar-refractivity contribution in [2.24, 2.45) is 17.3 Å². The van der Waals surface area contributed by atoms with Gasteiger partial charge in [0.25, 0.3) is 0 Å². The van der Waals surface area contributed by atoms with Crippen LogP contribution in [0.1, 0.15) is 73.7 Å². The quantitative estimate of drug-likeness (QED) is 0.757. The van der Waals surface area contributed by atoms with E-state index in [1.54, 1.807) is 5.57 Å². The molecule has 4 aliphatic rings. The molecule has 0 heterocycles. The van der Waals surface area contributed by atoms with Crippen LogP contribution in [-0.4, -0.2) is 23.3 Å². The highest BCUT2D eigenvalue weighted by Crippen LogP contribution is 2.63. The Morgan fingerprint density at radius 3 is 2.61 bits per heavy atom. The molecule has 5 rings (SSSR count). The molecule has 3 heteroatoms. The Morgan fingerprint density at radius 2 is 1.86 bits per heavy atom. The van der Waals surface area contributed by atoms with Crippen LogP contribution in [0.4, 0.5) is 0 Å². The van der Waals surface area contributed by atoms with Crippen LogP contribution in [0.25, 0.3) is 0 Å². The first kappa shape index (κ1) is 18.1. The molecule has 0 amide bonds. The van der Waals surface area contributed by atoms with Gasteiger partial charge in [-0.2, -0.15) is 0 Å². The minimum atomic E-state index is -0.231. The van der Waals surface area contributed by atoms with E-state index in [1.165, 1.54) is 16.7 Å². The number of carbonyl (C=O) groups is 2. The molecule has 2 saturated carbocycles. The van der Waals surface area contributed by atoms with E-state index in [1.807, 2.05) is 18.2 Å². The molecule has 1 aromatic rings. The number of aliphatic hydroxyl groups excluding tert-OH is 1. The molecule has 2 fully saturated rings. The highest BCUT2D eigenvalue weighted by atomic mass is 16.3. The maximum absolute atomic E-state index is 12.0. The minimum Gasteiger partial charge on any atom is -0.393 e. The molecule has 0 saturated heterocycles. The molecule has 5 unspecified atom stereocenters. The largest absolute Gasteiger partial charge is 0.393 e. The standard InChI is InChI=1S/C25H28O3/c1-25-13-21(16-4-2-15(14-26)3-5-16)24-19-9-7-18(27)12-17(19)6-8-20(24)22(25)10-11-23(25)28/h2-5,12,14,20-23,28H,6-11,13H2,1H3. The number of rotatable bonds is 2. The van der Waals surface area contributed by atoms with Gasteiger partial charge in [-0.05, 0) is 78.6 Å². The van der Waals surface area contributed by atoms with Crippen molar-refractivity contribution in [3.05, 3.63) is 58.2 Å². The molecule has 1 aromatic carbocycles. The van der Waals surface area contributed by atoms with Crippen LogP contribution in [0, 0.1) is 17.3 Å². The average Bonchev–Trinajstić information content (AvgIpc) is 3.01. The lowest BCUT2D eigenvalue weighted by atomic mass is 9.53. The van der Waals surface area contributed by atoms with Crippen LogP contribution in [0.5, 0.6) is 0 Å². The highest BCUT2D eigenvalue weighted by Gasteiger charge is 2.56. The number of aldehydes is 1. The number of ketones is 1. The number of hydrogen-bond acceptors (Lipinski definition) is 3. The van der Waals surface area contributed by atoms with Gasteiger partial charge in [0, 0.05) is 17.9 Å². The number of aliphatic hydroxyl groups is 1. The number of benzene rings is 1. The lowest BCUT2D eigenvalue weighted by Gasteiger charge is -2.52. The Labute approximate surface area is 166 Å². The number of carbonyl (C=O) groups excluding carboxylic acids is 2. The van der Waals surface area contributed by atoms with Gasteiger partial charge in [0.2, 0.25) is 0 Å². The molecule has 146 valence electrons. The zero-order valence-corrected chi connectivity index (χ0v) is 16.5. The van der Waals surface area contributed by atoms with Crippen molar-refractivity contribution in [1.29, 1.82) is 0 Å². The van der Waals surface area contributed by atoms with Gasteiger partial charge in [-0.25, -0.2) is 0 Å². The molecule has 1 N–H and O–H groups in total. The van der Waals surface area contributed by atoms with Crippen molar-refractivity contribution in [3.8, 4) is 0 Å². The number of allylic oxidation sites excluding steroid dienone is 4. The van der Waals surface area contributed by atoms with Gasteiger partial charge in [-0.1, -0.05) is 36.8 Å². The van der Waals surface area contributed by atoms with E-state index in [4.69, 9.17) is 0 Å². The van der Waals surface area contributed by atoms with Gasteiger partial charge in [-0.15, -0.1) is 0 Å². The predicted octanol–water partition coefficient (Wildman–Crippen LogP) is 4.76. The van der Waals surface area contributed by atoms with E-state index in [2.05, 4.69) is 19.1 Å². The summed E-state index contributed by atoms with van der Waals surface area (Å²) in [5, 5.41) is 10.9. The first-order valence-electron chi connectivity index (χ1n) is 10.7. The predicted molar refractivity (Wildman–Crippen MR) is 108 cm³/mol. The van der Waals surface area contributed by atoms with E-state index in [-0.39, 0.29) is 23.2 Å². The summed E-state index contributed by atoms with van der Waals surface area (Å²) in [6, 6.07) is 8.00. The average molecular weight is 376 g/mol. The van der Waals surface area contributed by atoms with Crippen molar-refractivity contribution < 1.29 is 14.7 Å². The zero-order chi connectivity index (χ0) is 19.5. The monoisotopic (exact) mass is 376 g/mol. The summed E-state index contributed by atoms with van der Waals surface area (Å²) in [6.07, 6.45) is 9.09. The third-order valence-electron chi connectivity index (χ3n) is 8.16. The highest BCUT2D eigenvalue weighted by molar-refractivity contribution is 5.93. The van der Waals surface area contributed by atoms with E-state index in [0.29, 0.717) is 23.8 Å². The molecule has 0 spiro atoms. The van der Waals surface area contributed by atoms with Crippen LogP contribution in [-0.2, 0) is 4.79 Å². The Balaban J connectivity index is 1.67. The van der Waals surface area contributed by atoms with Gasteiger partial charge < -0.3 is 5.11 Å². The fraction of sp³-hybridized carbons (Fsp3) is 0.520. The molecule has 0 aromatic heterocycles. The Kier molecular flexibility index (Phi) is 4.20. The van der Waals surface area contributed by atoms with Crippen LogP contribution in [0.3, 0.4) is 0 Å². The van der Waals surface area contributed by atoms with Gasteiger partial charge in [0.05, 0.1) is 6.10 Å². The lowest BCUT2D eigenvalue weighted by Crippen LogP contribution is -2.45. The second-order valence-corrected chi connectivity index (χ2v) is 9.46. The van der Waals surface area contributed by atoms with Crippen molar-refractivity contribution in [2.45, 2.75) is 63.9 Å². The van der Waals surface area contributed by atoms with E-state index in [0.717, 1.165) is 44.8 Å². The Bertz CT molecular complexity index is 891. The molecule has 0 aliphatic heterocycles. The second kappa shape index (κ2) is 6.52. The normalized spacial score (nSPS) is 37.1. The second-order valence-electron chi connectivity index (χ2n) is 9.46. The maximum Gasteiger partial charge on any atom is 0.156 e. The summed E-state index contributed by atoms with van der Waals surface area (Å²) in [5.41, 5.74) is 6.14. The first-order chi connectivity index (χ1) is 13.5. The van der Waals surface area contributed by atoms with Crippen molar-refractivity contribution in [1.82, 2.24) is 0 Å². The van der Waals surface area contributed by atoms with E-state index >= 15 is 0 Å². The summed E-state index contributed by atoms with van der Waals surface area (Å²) >= 11 is 0. The Hall–Kier alpha value is -2.00. The molecule has 0 bridgehead atoms. The van der Waals surface area contributed by atoms with Crippen molar-refractivity contribution >= 4 is 12.1 Å². The summed E-state index contributed by atoms with van der Waals surface area (Å²) in [4.78, 5) is 23.1. The maximum atomic E-state index is 12.0. The van der Waals surface area contributed by atoms with Crippen LogP contribution in [0.2, 0.25) is 0 Å². The summed E-state index contributed by atoms with van der Waals surface area (Å²) in [7, 11) is 0. The van der Waals surface area contributed by atoms with E-state index < -0.39 is 0 Å².